The third kappa shape index (κ3) is 3.82. The summed E-state index contributed by atoms with van der Waals surface area (Å²) in [5, 5.41) is 2.86. The zero-order chi connectivity index (χ0) is 15.2. The van der Waals surface area contributed by atoms with Gasteiger partial charge in [0.2, 0.25) is 11.9 Å². The molecule has 0 saturated carbocycles. The number of carbonyl (C=O) groups is 1. The second kappa shape index (κ2) is 7.04. The summed E-state index contributed by atoms with van der Waals surface area (Å²) in [4.78, 5) is 24.7. The quantitative estimate of drug-likeness (QED) is 0.867. The van der Waals surface area contributed by atoms with E-state index >= 15 is 0 Å². The lowest BCUT2D eigenvalue weighted by Crippen LogP contribution is -2.49. The molecule has 1 fully saturated rings. The zero-order valence-electron chi connectivity index (χ0n) is 12.3. The van der Waals surface area contributed by atoms with E-state index in [4.69, 9.17) is 4.42 Å². The second-order valence-electron chi connectivity index (χ2n) is 5.17. The van der Waals surface area contributed by atoms with Gasteiger partial charge in [0.15, 0.2) is 0 Å². The summed E-state index contributed by atoms with van der Waals surface area (Å²) in [5.74, 6) is 1.53. The number of piperazine rings is 1. The van der Waals surface area contributed by atoms with Crippen molar-refractivity contribution in [2.75, 3.05) is 37.6 Å². The SMILES string of the molecule is O=C(CN1CCN(c2ncccn2)CC1)NCc1ccco1. The van der Waals surface area contributed by atoms with Crippen molar-refractivity contribution >= 4 is 11.9 Å². The fourth-order valence-corrected chi connectivity index (χ4v) is 2.42. The van der Waals surface area contributed by atoms with Gasteiger partial charge < -0.3 is 14.6 Å². The highest BCUT2D eigenvalue weighted by Crippen LogP contribution is 2.09. The number of hydrogen-bond acceptors (Lipinski definition) is 6. The minimum absolute atomic E-state index is 0.0146. The lowest BCUT2D eigenvalue weighted by atomic mass is 10.3. The number of anilines is 1. The van der Waals surface area contributed by atoms with Crippen molar-refractivity contribution in [2.45, 2.75) is 6.54 Å². The first-order chi connectivity index (χ1) is 10.8. The maximum absolute atomic E-state index is 11.9. The normalized spacial score (nSPS) is 15.7. The van der Waals surface area contributed by atoms with Crippen LogP contribution >= 0.6 is 0 Å². The molecule has 1 N–H and O–H groups in total. The Morgan fingerprint density at radius 2 is 1.95 bits per heavy atom. The molecular formula is C15H19N5O2. The maximum Gasteiger partial charge on any atom is 0.234 e. The Morgan fingerprint density at radius 1 is 1.18 bits per heavy atom. The molecule has 1 amide bonds. The minimum atomic E-state index is 0.0146. The smallest absolute Gasteiger partial charge is 0.234 e. The van der Waals surface area contributed by atoms with E-state index < -0.39 is 0 Å². The third-order valence-electron chi connectivity index (χ3n) is 3.61. The Hall–Kier alpha value is -2.41. The Balaban J connectivity index is 1.41. The molecule has 3 heterocycles. The van der Waals surface area contributed by atoms with E-state index in [-0.39, 0.29) is 5.91 Å². The van der Waals surface area contributed by atoms with Gasteiger partial charge in [-0.05, 0) is 18.2 Å². The molecular weight excluding hydrogens is 282 g/mol. The molecule has 2 aromatic rings. The van der Waals surface area contributed by atoms with Gasteiger partial charge in [-0.3, -0.25) is 9.69 Å². The average molecular weight is 301 g/mol. The van der Waals surface area contributed by atoms with Crippen molar-refractivity contribution in [1.82, 2.24) is 20.2 Å². The molecule has 0 bridgehead atoms. The summed E-state index contributed by atoms with van der Waals surface area (Å²) in [6, 6.07) is 5.47. The molecule has 0 aliphatic carbocycles. The number of amides is 1. The number of hydrogen-bond donors (Lipinski definition) is 1. The molecule has 2 aromatic heterocycles. The van der Waals surface area contributed by atoms with E-state index in [0.29, 0.717) is 13.1 Å². The summed E-state index contributed by atoms with van der Waals surface area (Å²) >= 11 is 0. The van der Waals surface area contributed by atoms with E-state index in [1.54, 1.807) is 18.7 Å². The fraction of sp³-hybridized carbons (Fsp3) is 0.400. The highest BCUT2D eigenvalue weighted by atomic mass is 16.3. The summed E-state index contributed by atoms with van der Waals surface area (Å²) in [5.41, 5.74) is 0. The number of aromatic nitrogens is 2. The molecule has 0 spiro atoms. The van der Waals surface area contributed by atoms with Crippen LogP contribution < -0.4 is 10.2 Å². The predicted octanol–water partition coefficient (Wildman–Crippen LogP) is 0.508. The largest absolute Gasteiger partial charge is 0.467 e. The van der Waals surface area contributed by atoms with Crippen molar-refractivity contribution in [3.05, 3.63) is 42.6 Å². The van der Waals surface area contributed by atoms with E-state index in [2.05, 4.69) is 25.1 Å². The lowest BCUT2D eigenvalue weighted by Gasteiger charge is -2.34. The van der Waals surface area contributed by atoms with Crippen LogP contribution in [0.5, 0.6) is 0 Å². The second-order valence-corrected chi connectivity index (χ2v) is 5.17. The van der Waals surface area contributed by atoms with E-state index in [1.165, 1.54) is 0 Å². The number of nitrogens with one attached hydrogen (secondary N) is 1. The molecule has 1 aliphatic heterocycles. The standard InChI is InChI=1S/C15H19N5O2/c21-14(18-11-13-3-1-10-22-13)12-19-6-8-20(9-7-19)15-16-4-2-5-17-15/h1-5,10H,6-9,11-12H2,(H,18,21). The number of rotatable bonds is 5. The van der Waals surface area contributed by atoms with Crippen LogP contribution in [0, 0.1) is 0 Å². The van der Waals surface area contributed by atoms with Crippen LogP contribution in [0.1, 0.15) is 5.76 Å². The molecule has 7 heteroatoms. The first kappa shape index (κ1) is 14.5. The van der Waals surface area contributed by atoms with E-state index in [0.717, 1.165) is 37.9 Å². The summed E-state index contributed by atoms with van der Waals surface area (Å²) in [6.45, 7) is 4.15. The first-order valence-electron chi connectivity index (χ1n) is 7.34. The van der Waals surface area contributed by atoms with Crippen molar-refractivity contribution in [1.29, 1.82) is 0 Å². The van der Waals surface area contributed by atoms with Crippen LogP contribution in [0.4, 0.5) is 5.95 Å². The van der Waals surface area contributed by atoms with Gasteiger partial charge in [-0.15, -0.1) is 0 Å². The molecule has 0 unspecified atom stereocenters. The van der Waals surface area contributed by atoms with Crippen molar-refractivity contribution in [2.24, 2.45) is 0 Å². The minimum Gasteiger partial charge on any atom is -0.467 e. The maximum atomic E-state index is 11.9. The van der Waals surface area contributed by atoms with Gasteiger partial charge in [0.1, 0.15) is 5.76 Å². The highest BCUT2D eigenvalue weighted by molar-refractivity contribution is 5.77. The topological polar surface area (TPSA) is 74.5 Å². The van der Waals surface area contributed by atoms with Crippen molar-refractivity contribution in [3.63, 3.8) is 0 Å². The fourth-order valence-electron chi connectivity index (χ4n) is 2.42. The first-order valence-corrected chi connectivity index (χ1v) is 7.34. The van der Waals surface area contributed by atoms with Crippen LogP contribution in [-0.4, -0.2) is 53.5 Å². The lowest BCUT2D eigenvalue weighted by molar-refractivity contribution is -0.122. The van der Waals surface area contributed by atoms with E-state index in [1.807, 2.05) is 18.2 Å². The molecule has 3 rings (SSSR count). The van der Waals surface area contributed by atoms with Crippen LogP contribution in [0.2, 0.25) is 0 Å². The Kier molecular flexibility index (Phi) is 4.65. The van der Waals surface area contributed by atoms with Crippen molar-refractivity contribution < 1.29 is 9.21 Å². The van der Waals surface area contributed by atoms with Crippen LogP contribution in [-0.2, 0) is 11.3 Å². The van der Waals surface area contributed by atoms with Gasteiger partial charge >= 0.3 is 0 Å². The highest BCUT2D eigenvalue weighted by Gasteiger charge is 2.20. The molecule has 0 atom stereocenters. The van der Waals surface area contributed by atoms with E-state index in [9.17, 15) is 4.79 Å². The molecule has 0 aromatic carbocycles. The zero-order valence-corrected chi connectivity index (χ0v) is 12.3. The summed E-state index contributed by atoms with van der Waals surface area (Å²) < 4.78 is 5.19. The Labute approximate surface area is 129 Å². The van der Waals surface area contributed by atoms with Crippen LogP contribution in [0.3, 0.4) is 0 Å². The number of furan rings is 1. The number of nitrogens with zero attached hydrogens (tertiary/aromatic N) is 4. The predicted molar refractivity (Wildman–Crippen MR) is 81.2 cm³/mol. The van der Waals surface area contributed by atoms with Gasteiger partial charge in [-0.1, -0.05) is 0 Å². The van der Waals surface area contributed by atoms with Gasteiger partial charge in [0.05, 0.1) is 19.4 Å². The van der Waals surface area contributed by atoms with Crippen LogP contribution in [0.25, 0.3) is 0 Å². The van der Waals surface area contributed by atoms with Gasteiger partial charge in [0.25, 0.3) is 0 Å². The summed E-state index contributed by atoms with van der Waals surface area (Å²) in [7, 11) is 0. The monoisotopic (exact) mass is 301 g/mol. The van der Waals surface area contributed by atoms with Gasteiger partial charge in [0, 0.05) is 38.6 Å². The van der Waals surface area contributed by atoms with Crippen LogP contribution in [0.15, 0.2) is 41.3 Å². The third-order valence-corrected chi connectivity index (χ3v) is 3.61. The van der Waals surface area contributed by atoms with Gasteiger partial charge in [-0.25, -0.2) is 9.97 Å². The Morgan fingerprint density at radius 3 is 2.64 bits per heavy atom. The molecule has 1 aliphatic rings. The Bertz CT molecular complexity index is 579. The summed E-state index contributed by atoms with van der Waals surface area (Å²) in [6.07, 6.45) is 5.10. The van der Waals surface area contributed by atoms with Gasteiger partial charge in [-0.2, -0.15) is 0 Å². The molecule has 1 saturated heterocycles. The molecule has 22 heavy (non-hydrogen) atoms. The molecule has 116 valence electrons. The molecule has 0 radical (unpaired) electrons. The van der Waals surface area contributed by atoms with Crippen molar-refractivity contribution in [3.8, 4) is 0 Å². The molecule has 7 nitrogen and oxygen atoms in total. The number of carbonyl (C=O) groups excluding carboxylic acids is 1. The average Bonchev–Trinajstić information content (AvgIpc) is 3.08.